The molecule has 0 aromatic carbocycles. The van der Waals surface area contributed by atoms with Crippen molar-refractivity contribution in [1.29, 1.82) is 0 Å². The molecule has 1 unspecified atom stereocenters. The Labute approximate surface area is 105 Å². The third kappa shape index (κ3) is 3.06. The monoisotopic (exact) mass is 254 g/mol. The normalized spacial score (nSPS) is 21.2. The summed E-state index contributed by atoms with van der Waals surface area (Å²) in [4.78, 5) is 17.0. The van der Waals surface area contributed by atoms with Crippen LogP contribution in [0.5, 0.6) is 0 Å². The Bertz CT molecular complexity index is 403. The molecule has 1 saturated heterocycles. The number of nitrogens with zero attached hydrogens (tertiary/aromatic N) is 2. The Morgan fingerprint density at radius 1 is 1.59 bits per heavy atom. The second-order valence-electron chi connectivity index (χ2n) is 4.71. The van der Waals surface area contributed by atoms with Gasteiger partial charge in [0.2, 0.25) is 0 Å². The Morgan fingerprint density at radius 3 is 2.88 bits per heavy atom. The minimum absolute atomic E-state index is 0.434. The number of carboxylic acids is 1. The van der Waals surface area contributed by atoms with Crippen LogP contribution in [0, 0.1) is 0 Å². The first-order valence-corrected chi connectivity index (χ1v) is 6.58. The van der Waals surface area contributed by atoms with Gasteiger partial charge in [0.05, 0.1) is 0 Å². The van der Waals surface area contributed by atoms with E-state index in [1.54, 1.807) is 6.07 Å². The Morgan fingerprint density at radius 2 is 2.35 bits per heavy atom. The summed E-state index contributed by atoms with van der Waals surface area (Å²) in [7, 11) is 4.23. The van der Waals surface area contributed by atoms with Gasteiger partial charge in [0.15, 0.2) is 0 Å². The molecule has 0 spiro atoms. The van der Waals surface area contributed by atoms with Gasteiger partial charge in [-0.1, -0.05) is 0 Å². The largest absolute Gasteiger partial charge is 0.477 e. The molecule has 2 rings (SSSR count). The first kappa shape index (κ1) is 12.5. The van der Waals surface area contributed by atoms with Crippen LogP contribution in [0.25, 0.3) is 0 Å². The molecule has 5 heteroatoms. The number of thiophene rings is 1. The van der Waals surface area contributed by atoms with E-state index in [1.165, 1.54) is 17.8 Å². The zero-order chi connectivity index (χ0) is 12.4. The summed E-state index contributed by atoms with van der Waals surface area (Å²) < 4.78 is 0. The molecule has 1 aliphatic heterocycles. The summed E-state index contributed by atoms with van der Waals surface area (Å²) in [6.45, 7) is 3.05. The van der Waals surface area contributed by atoms with Crippen LogP contribution < -0.4 is 0 Å². The van der Waals surface area contributed by atoms with E-state index in [-0.39, 0.29) is 0 Å². The fourth-order valence-corrected chi connectivity index (χ4v) is 3.06. The summed E-state index contributed by atoms with van der Waals surface area (Å²) in [6.07, 6.45) is 1.20. The fraction of sp³-hybridized carbons (Fsp3) is 0.583. The molecule has 0 aliphatic carbocycles. The molecule has 1 aliphatic rings. The van der Waals surface area contributed by atoms with Gasteiger partial charge in [0, 0.05) is 30.6 Å². The summed E-state index contributed by atoms with van der Waals surface area (Å²) in [5.74, 6) is -0.825. The van der Waals surface area contributed by atoms with Gasteiger partial charge in [-0.3, -0.25) is 4.90 Å². The van der Waals surface area contributed by atoms with Crippen molar-refractivity contribution in [3.8, 4) is 0 Å². The number of hydrogen-bond donors (Lipinski definition) is 1. The highest BCUT2D eigenvalue weighted by atomic mass is 32.1. The molecule has 0 radical (unpaired) electrons. The number of likely N-dealkylation sites (N-methyl/N-ethyl adjacent to an activating group) is 1. The lowest BCUT2D eigenvalue weighted by Crippen LogP contribution is -2.31. The SMILES string of the molecule is CN(C)C1CCN(Cc2ccc(C(=O)O)s2)C1. The molecule has 0 amide bonds. The average molecular weight is 254 g/mol. The maximum absolute atomic E-state index is 10.8. The van der Waals surface area contributed by atoms with Gasteiger partial charge >= 0.3 is 5.97 Å². The molecule has 1 aromatic rings. The first-order valence-electron chi connectivity index (χ1n) is 5.77. The van der Waals surface area contributed by atoms with Crippen LogP contribution in [0.1, 0.15) is 21.0 Å². The van der Waals surface area contributed by atoms with Gasteiger partial charge in [-0.25, -0.2) is 4.79 Å². The maximum Gasteiger partial charge on any atom is 0.345 e. The molecule has 1 atom stereocenters. The topological polar surface area (TPSA) is 43.8 Å². The highest BCUT2D eigenvalue weighted by Gasteiger charge is 2.24. The van der Waals surface area contributed by atoms with Gasteiger partial charge in [0.1, 0.15) is 4.88 Å². The maximum atomic E-state index is 10.8. The lowest BCUT2D eigenvalue weighted by Gasteiger charge is -2.19. The Balaban J connectivity index is 1.91. The van der Waals surface area contributed by atoms with Gasteiger partial charge in [-0.15, -0.1) is 11.3 Å². The van der Waals surface area contributed by atoms with E-state index in [1.807, 2.05) is 6.07 Å². The lowest BCUT2D eigenvalue weighted by atomic mass is 10.2. The van der Waals surface area contributed by atoms with Crippen molar-refractivity contribution in [3.63, 3.8) is 0 Å². The zero-order valence-electron chi connectivity index (χ0n) is 10.2. The van der Waals surface area contributed by atoms with Crippen LogP contribution >= 0.6 is 11.3 Å². The minimum atomic E-state index is -0.825. The third-order valence-corrected chi connectivity index (χ3v) is 4.29. The van der Waals surface area contributed by atoms with E-state index < -0.39 is 5.97 Å². The smallest absolute Gasteiger partial charge is 0.345 e. The molecule has 1 N–H and O–H groups in total. The number of hydrogen-bond acceptors (Lipinski definition) is 4. The Kier molecular flexibility index (Phi) is 3.81. The summed E-state index contributed by atoms with van der Waals surface area (Å²) in [5, 5.41) is 8.86. The minimum Gasteiger partial charge on any atom is -0.477 e. The van der Waals surface area contributed by atoms with E-state index in [2.05, 4.69) is 23.9 Å². The molecule has 1 aromatic heterocycles. The second-order valence-corrected chi connectivity index (χ2v) is 5.88. The molecule has 4 nitrogen and oxygen atoms in total. The first-order chi connectivity index (χ1) is 8.06. The van der Waals surface area contributed by atoms with Crippen molar-refractivity contribution in [3.05, 3.63) is 21.9 Å². The highest BCUT2D eigenvalue weighted by Crippen LogP contribution is 2.21. The second kappa shape index (κ2) is 5.16. The number of carboxylic acid groups (broad SMARTS) is 1. The molecule has 2 heterocycles. The fourth-order valence-electron chi connectivity index (χ4n) is 2.18. The van der Waals surface area contributed by atoms with Crippen molar-refractivity contribution in [2.24, 2.45) is 0 Å². The van der Waals surface area contributed by atoms with Crippen LogP contribution in [0.2, 0.25) is 0 Å². The van der Waals surface area contributed by atoms with Crippen LogP contribution in [0.15, 0.2) is 12.1 Å². The van der Waals surface area contributed by atoms with E-state index in [0.717, 1.165) is 24.5 Å². The predicted molar refractivity (Wildman–Crippen MR) is 68.6 cm³/mol. The summed E-state index contributed by atoms with van der Waals surface area (Å²) in [5.41, 5.74) is 0. The molecule has 17 heavy (non-hydrogen) atoms. The van der Waals surface area contributed by atoms with Crippen molar-refractivity contribution < 1.29 is 9.90 Å². The third-order valence-electron chi connectivity index (χ3n) is 3.23. The van der Waals surface area contributed by atoms with Gasteiger partial charge in [0.25, 0.3) is 0 Å². The van der Waals surface area contributed by atoms with Gasteiger partial charge in [-0.05, 0) is 32.6 Å². The van der Waals surface area contributed by atoms with E-state index in [0.29, 0.717) is 10.9 Å². The van der Waals surface area contributed by atoms with Crippen LogP contribution in [-0.4, -0.2) is 54.1 Å². The van der Waals surface area contributed by atoms with E-state index in [9.17, 15) is 4.79 Å². The lowest BCUT2D eigenvalue weighted by molar-refractivity contribution is 0.0702. The molecule has 0 bridgehead atoms. The number of carbonyl (C=O) groups is 1. The molecule has 0 saturated carbocycles. The average Bonchev–Trinajstić information content (AvgIpc) is 2.87. The number of rotatable bonds is 4. The van der Waals surface area contributed by atoms with Gasteiger partial charge < -0.3 is 10.0 Å². The number of aromatic carboxylic acids is 1. The Hall–Kier alpha value is -0.910. The van der Waals surface area contributed by atoms with Crippen molar-refractivity contribution >= 4 is 17.3 Å². The quantitative estimate of drug-likeness (QED) is 0.886. The van der Waals surface area contributed by atoms with E-state index >= 15 is 0 Å². The van der Waals surface area contributed by atoms with Crippen LogP contribution in [-0.2, 0) is 6.54 Å². The summed E-state index contributed by atoms with van der Waals surface area (Å²) in [6, 6.07) is 4.26. The van der Waals surface area contributed by atoms with Gasteiger partial charge in [-0.2, -0.15) is 0 Å². The predicted octanol–water partition coefficient (Wildman–Crippen LogP) is 1.58. The molecule has 1 fully saturated rings. The highest BCUT2D eigenvalue weighted by molar-refractivity contribution is 7.13. The molecular weight excluding hydrogens is 236 g/mol. The van der Waals surface area contributed by atoms with Crippen molar-refractivity contribution in [1.82, 2.24) is 9.80 Å². The number of likely N-dealkylation sites (tertiary alicyclic amines) is 1. The summed E-state index contributed by atoms with van der Waals surface area (Å²) >= 11 is 1.38. The molecule has 94 valence electrons. The van der Waals surface area contributed by atoms with Crippen molar-refractivity contribution in [2.45, 2.75) is 19.0 Å². The molecular formula is C12H18N2O2S. The standard InChI is InChI=1S/C12H18N2O2S/c1-13(2)9-5-6-14(7-9)8-10-3-4-11(17-10)12(15)16/h3-4,9H,5-8H2,1-2H3,(H,15,16). The van der Waals surface area contributed by atoms with Crippen molar-refractivity contribution in [2.75, 3.05) is 27.2 Å². The van der Waals surface area contributed by atoms with Crippen LogP contribution in [0.3, 0.4) is 0 Å². The van der Waals surface area contributed by atoms with Crippen LogP contribution in [0.4, 0.5) is 0 Å². The zero-order valence-corrected chi connectivity index (χ0v) is 11.0. The van der Waals surface area contributed by atoms with E-state index in [4.69, 9.17) is 5.11 Å².